The number of aliphatic carboxylic acids is 1. The average Bonchev–Trinajstić information content (AvgIpc) is 2.96. The van der Waals surface area contributed by atoms with Crippen molar-refractivity contribution in [3.8, 4) is 0 Å². The summed E-state index contributed by atoms with van der Waals surface area (Å²) in [4.78, 5) is 22.8. The number of carbonyl (C=O) groups is 2. The summed E-state index contributed by atoms with van der Waals surface area (Å²) in [5.74, 6) is -1.10. The van der Waals surface area contributed by atoms with E-state index >= 15 is 0 Å². The number of carboxylic acids is 1. The van der Waals surface area contributed by atoms with Gasteiger partial charge in [0, 0.05) is 22.5 Å². The number of alkyl halides is 2. The summed E-state index contributed by atoms with van der Waals surface area (Å²) in [5, 5.41) is 16.4. The molecule has 0 bridgehead atoms. The maximum atomic E-state index is 12.4. The van der Waals surface area contributed by atoms with E-state index in [1.807, 2.05) is 38.1 Å². The van der Waals surface area contributed by atoms with Crippen molar-refractivity contribution in [1.82, 2.24) is 9.78 Å². The molecule has 6 nitrogen and oxygen atoms in total. The van der Waals surface area contributed by atoms with Gasteiger partial charge >= 0.3 is 5.97 Å². The van der Waals surface area contributed by atoms with Gasteiger partial charge in [-0.2, -0.15) is 5.10 Å². The van der Waals surface area contributed by atoms with E-state index in [0.717, 1.165) is 28.1 Å². The minimum atomic E-state index is -0.874. The van der Waals surface area contributed by atoms with Crippen LogP contribution in [0.15, 0.2) is 48.5 Å². The summed E-state index contributed by atoms with van der Waals surface area (Å²) in [6.45, 7) is 4.20. The van der Waals surface area contributed by atoms with E-state index in [0.29, 0.717) is 17.8 Å². The molecule has 3 rings (SSSR count). The van der Waals surface area contributed by atoms with E-state index in [9.17, 15) is 9.59 Å². The van der Waals surface area contributed by atoms with Gasteiger partial charge in [-0.1, -0.05) is 24.3 Å². The van der Waals surface area contributed by atoms with Crippen molar-refractivity contribution in [3.05, 3.63) is 82.2 Å². The number of nitrogens with zero attached hydrogens (tertiary/aromatic N) is 2. The number of aromatic nitrogens is 2. The van der Waals surface area contributed by atoms with Gasteiger partial charge in [-0.15, -0.1) is 23.2 Å². The lowest BCUT2D eigenvalue weighted by Gasteiger charge is -2.09. The van der Waals surface area contributed by atoms with Crippen LogP contribution in [0.25, 0.3) is 0 Å². The van der Waals surface area contributed by atoms with Crippen molar-refractivity contribution >= 4 is 40.8 Å². The zero-order valence-electron chi connectivity index (χ0n) is 16.5. The van der Waals surface area contributed by atoms with E-state index in [1.165, 1.54) is 0 Å². The molecule has 0 saturated carbocycles. The highest BCUT2D eigenvalue weighted by Crippen LogP contribution is 2.24. The van der Waals surface area contributed by atoms with Crippen molar-refractivity contribution in [2.75, 3.05) is 5.32 Å². The molecular weight excluding hydrogens is 425 g/mol. The van der Waals surface area contributed by atoms with Gasteiger partial charge in [0.25, 0.3) is 5.91 Å². The maximum absolute atomic E-state index is 12.4. The highest BCUT2D eigenvalue weighted by molar-refractivity contribution is 6.44. The van der Waals surface area contributed by atoms with Crippen LogP contribution in [0.4, 0.5) is 5.69 Å². The minimum Gasteiger partial charge on any atom is -0.481 e. The smallest absolute Gasteiger partial charge is 0.307 e. The maximum Gasteiger partial charge on any atom is 0.307 e. The monoisotopic (exact) mass is 445 g/mol. The molecule has 0 atom stereocenters. The van der Waals surface area contributed by atoms with Gasteiger partial charge in [-0.25, -0.2) is 0 Å². The third-order valence-corrected chi connectivity index (χ3v) is 5.33. The number of amides is 1. The molecule has 0 aliphatic rings. The summed E-state index contributed by atoms with van der Waals surface area (Å²) in [5.41, 5.74) is 5.19. The Morgan fingerprint density at radius 2 is 1.70 bits per heavy atom. The Morgan fingerprint density at radius 3 is 2.27 bits per heavy atom. The second kappa shape index (κ2) is 9.32. The summed E-state index contributed by atoms with van der Waals surface area (Å²) in [6, 6.07) is 14.2. The minimum absolute atomic E-state index is 0.0416. The third kappa shape index (κ3) is 5.20. The highest BCUT2D eigenvalue weighted by atomic mass is 35.5. The van der Waals surface area contributed by atoms with Crippen LogP contribution in [0, 0.1) is 13.8 Å². The Morgan fingerprint density at radius 1 is 1.07 bits per heavy atom. The molecule has 0 saturated heterocycles. The number of benzene rings is 2. The van der Waals surface area contributed by atoms with Crippen LogP contribution in [0.5, 0.6) is 0 Å². The molecule has 1 amide bonds. The summed E-state index contributed by atoms with van der Waals surface area (Å²) in [6.07, 6.45) is -0.0416. The Labute approximate surface area is 184 Å². The number of carboxylic acid groups (broad SMARTS) is 1. The number of hydrogen-bond donors (Lipinski definition) is 2. The first kappa shape index (κ1) is 21.9. The first-order chi connectivity index (χ1) is 14.2. The predicted octanol–water partition coefficient (Wildman–Crippen LogP) is 4.90. The second-order valence-electron chi connectivity index (χ2n) is 6.95. The summed E-state index contributed by atoms with van der Waals surface area (Å²) >= 11 is 11.6. The molecule has 156 valence electrons. The standard InChI is InChI=1S/C22H21Cl2N3O3/c1-13-19(11-20(28)29)14(2)27(26-13)12-15-3-9-18(10-4-15)25-22(30)17-7-5-16(6-8-17)21(23)24/h3-10,21H,11-12H2,1-2H3,(H,25,30)(H,28,29). The fourth-order valence-corrected chi connectivity index (χ4v) is 3.44. The van der Waals surface area contributed by atoms with Gasteiger partial charge < -0.3 is 10.4 Å². The fourth-order valence-electron chi connectivity index (χ4n) is 3.14. The van der Waals surface area contributed by atoms with Crippen molar-refractivity contribution in [1.29, 1.82) is 0 Å². The van der Waals surface area contributed by atoms with E-state index in [1.54, 1.807) is 28.9 Å². The Bertz CT molecular complexity index is 1060. The van der Waals surface area contributed by atoms with E-state index in [-0.39, 0.29) is 12.3 Å². The van der Waals surface area contributed by atoms with E-state index in [4.69, 9.17) is 28.3 Å². The highest BCUT2D eigenvalue weighted by Gasteiger charge is 2.14. The molecule has 0 fully saturated rings. The molecule has 0 spiro atoms. The lowest BCUT2D eigenvalue weighted by atomic mass is 10.1. The van der Waals surface area contributed by atoms with Crippen LogP contribution in [0.3, 0.4) is 0 Å². The van der Waals surface area contributed by atoms with Gasteiger partial charge in [0.2, 0.25) is 0 Å². The predicted molar refractivity (Wildman–Crippen MR) is 117 cm³/mol. The number of aryl methyl sites for hydroxylation is 1. The van der Waals surface area contributed by atoms with Gasteiger partial charge in [-0.05, 0) is 49.2 Å². The molecule has 30 heavy (non-hydrogen) atoms. The molecule has 0 radical (unpaired) electrons. The zero-order valence-corrected chi connectivity index (χ0v) is 18.0. The number of hydrogen-bond acceptors (Lipinski definition) is 3. The van der Waals surface area contributed by atoms with Crippen molar-refractivity contribution in [2.24, 2.45) is 0 Å². The number of anilines is 1. The van der Waals surface area contributed by atoms with Gasteiger partial charge in [-0.3, -0.25) is 14.3 Å². The van der Waals surface area contributed by atoms with Crippen LogP contribution in [-0.2, 0) is 17.8 Å². The van der Waals surface area contributed by atoms with E-state index in [2.05, 4.69) is 10.4 Å². The molecule has 2 N–H and O–H groups in total. The Kier molecular flexibility index (Phi) is 6.80. The number of nitrogens with one attached hydrogen (secondary N) is 1. The molecule has 1 heterocycles. The number of carbonyl (C=O) groups excluding carboxylic acids is 1. The van der Waals surface area contributed by atoms with Gasteiger partial charge in [0.15, 0.2) is 0 Å². The Hall–Kier alpha value is -2.83. The van der Waals surface area contributed by atoms with Crippen molar-refractivity contribution in [2.45, 2.75) is 31.6 Å². The number of halogens is 2. The molecule has 8 heteroatoms. The van der Waals surface area contributed by atoms with Crippen LogP contribution in [0.2, 0.25) is 0 Å². The molecular formula is C22H21Cl2N3O3. The largest absolute Gasteiger partial charge is 0.481 e. The topological polar surface area (TPSA) is 84.2 Å². The SMILES string of the molecule is Cc1nn(Cc2ccc(NC(=O)c3ccc(C(Cl)Cl)cc3)cc2)c(C)c1CC(=O)O. The van der Waals surface area contributed by atoms with Gasteiger partial charge in [0.1, 0.15) is 4.84 Å². The molecule has 3 aromatic rings. The fraction of sp³-hybridized carbons (Fsp3) is 0.227. The van der Waals surface area contributed by atoms with Crippen LogP contribution >= 0.6 is 23.2 Å². The van der Waals surface area contributed by atoms with Crippen LogP contribution in [0.1, 0.15) is 43.3 Å². The molecule has 0 aliphatic carbocycles. The first-order valence-electron chi connectivity index (χ1n) is 9.27. The quantitative estimate of drug-likeness (QED) is 0.506. The third-order valence-electron chi connectivity index (χ3n) is 4.83. The number of rotatable bonds is 7. The van der Waals surface area contributed by atoms with Crippen molar-refractivity contribution in [3.63, 3.8) is 0 Å². The summed E-state index contributed by atoms with van der Waals surface area (Å²) in [7, 11) is 0. The van der Waals surface area contributed by atoms with Crippen LogP contribution in [-0.4, -0.2) is 26.8 Å². The molecule has 1 aromatic heterocycles. The summed E-state index contributed by atoms with van der Waals surface area (Å²) < 4.78 is 1.80. The molecule has 2 aromatic carbocycles. The lowest BCUT2D eigenvalue weighted by Crippen LogP contribution is -2.12. The first-order valence-corrected chi connectivity index (χ1v) is 10.1. The molecule has 0 unspecified atom stereocenters. The zero-order chi connectivity index (χ0) is 21.8. The average molecular weight is 446 g/mol. The molecule has 0 aliphatic heterocycles. The van der Waals surface area contributed by atoms with Crippen LogP contribution < -0.4 is 5.32 Å². The van der Waals surface area contributed by atoms with Gasteiger partial charge in [0.05, 0.1) is 18.7 Å². The normalized spacial score (nSPS) is 11.0. The lowest BCUT2D eigenvalue weighted by molar-refractivity contribution is -0.136. The van der Waals surface area contributed by atoms with E-state index < -0.39 is 10.8 Å². The van der Waals surface area contributed by atoms with Crippen molar-refractivity contribution < 1.29 is 14.7 Å². The second-order valence-corrected chi connectivity index (χ2v) is 8.05. The Balaban J connectivity index is 1.67.